The van der Waals surface area contributed by atoms with Crippen molar-refractivity contribution in [2.45, 2.75) is 31.7 Å². The van der Waals surface area contributed by atoms with E-state index in [0.717, 1.165) is 17.7 Å². The molecule has 112 valence electrons. The Morgan fingerprint density at radius 3 is 2.76 bits per heavy atom. The van der Waals surface area contributed by atoms with Gasteiger partial charge in [0.15, 0.2) is 0 Å². The zero-order valence-electron chi connectivity index (χ0n) is 12.1. The number of nitrogens with one attached hydrogen (secondary N) is 1. The first-order valence-corrected chi connectivity index (χ1v) is 8.21. The van der Waals surface area contributed by atoms with E-state index in [0.29, 0.717) is 11.3 Å². The van der Waals surface area contributed by atoms with Crippen molar-refractivity contribution in [3.05, 3.63) is 53.3 Å². The Hall–Kier alpha value is -1.92. The Balaban J connectivity index is 2.24. The lowest BCUT2D eigenvalue weighted by molar-refractivity contribution is 0.579. The zero-order valence-corrected chi connectivity index (χ0v) is 12.9. The molecule has 0 saturated heterocycles. The standard InChI is InChI=1S/C15H19N3O2S/c1-3-12-5-4-8-17-14(12)10-18-21(19,20)15-9-13(16)7-6-11(15)2/h4-9,18H,3,10,16H2,1-2H3. The second-order valence-corrected chi connectivity index (χ2v) is 6.55. The third-order valence-corrected chi connectivity index (χ3v) is 4.84. The van der Waals surface area contributed by atoms with Crippen LogP contribution in [0.3, 0.4) is 0 Å². The third kappa shape index (κ3) is 3.59. The van der Waals surface area contributed by atoms with Crippen LogP contribution in [0.5, 0.6) is 0 Å². The summed E-state index contributed by atoms with van der Waals surface area (Å²) in [4.78, 5) is 4.44. The second-order valence-electron chi connectivity index (χ2n) is 4.81. The highest BCUT2D eigenvalue weighted by molar-refractivity contribution is 7.89. The molecule has 0 atom stereocenters. The first-order valence-electron chi connectivity index (χ1n) is 6.72. The summed E-state index contributed by atoms with van der Waals surface area (Å²) < 4.78 is 27.4. The van der Waals surface area contributed by atoms with Gasteiger partial charge in [-0.3, -0.25) is 4.98 Å². The Morgan fingerprint density at radius 1 is 1.29 bits per heavy atom. The lowest BCUT2D eigenvalue weighted by Gasteiger charge is -2.11. The summed E-state index contributed by atoms with van der Waals surface area (Å²) in [6.07, 6.45) is 2.47. The molecule has 1 aromatic heterocycles. The van der Waals surface area contributed by atoms with Gasteiger partial charge in [0.1, 0.15) is 0 Å². The van der Waals surface area contributed by atoms with E-state index in [4.69, 9.17) is 5.73 Å². The minimum atomic E-state index is -3.61. The monoisotopic (exact) mass is 305 g/mol. The number of aromatic nitrogens is 1. The van der Waals surface area contributed by atoms with Crippen LogP contribution in [0.4, 0.5) is 5.69 Å². The Bertz CT molecular complexity index is 742. The molecule has 0 aliphatic carbocycles. The van der Waals surface area contributed by atoms with Gasteiger partial charge in [-0.2, -0.15) is 0 Å². The quantitative estimate of drug-likeness (QED) is 0.828. The van der Waals surface area contributed by atoms with Crippen LogP contribution in [0, 0.1) is 6.92 Å². The average Bonchev–Trinajstić information content (AvgIpc) is 2.48. The van der Waals surface area contributed by atoms with Gasteiger partial charge in [0, 0.05) is 11.9 Å². The molecular weight excluding hydrogens is 286 g/mol. The van der Waals surface area contributed by atoms with E-state index >= 15 is 0 Å². The van der Waals surface area contributed by atoms with Crippen molar-refractivity contribution in [2.75, 3.05) is 5.73 Å². The van der Waals surface area contributed by atoms with E-state index in [1.54, 1.807) is 25.3 Å². The summed E-state index contributed by atoms with van der Waals surface area (Å²) in [5.41, 5.74) is 8.53. The first-order chi connectivity index (χ1) is 9.94. The highest BCUT2D eigenvalue weighted by Crippen LogP contribution is 2.18. The molecule has 1 heterocycles. The Labute approximate surface area is 125 Å². The van der Waals surface area contributed by atoms with Gasteiger partial charge in [-0.25, -0.2) is 13.1 Å². The van der Waals surface area contributed by atoms with E-state index < -0.39 is 10.0 Å². The highest BCUT2D eigenvalue weighted by Gasteiger charge is 2.17. The maximum atomic E-state index is 12.4. The van der Waals surface area contributed by atoms with Crippen LogP contribution >= 0.6 is 0 Å². The number of hydrogen-bond acceptors (Lipinski definition) is 4. The van der Waals surface area contributed by atoms with Gasteiger partial charge in [-0.05, 0) is 42.7 Å². The van der Waals surface area contributed by atoms with E-state index in [1.807, 2.05) is 19.1 Å². The van der Waals surface area contributed by atoms with Crippen molar-refractivity contribution < 1.29 is 8.42 Å². The SMILES string of the molecule is CCc1cccnc1CNS(=O)(=O)c1cc(N)ccc1C. The van der Waals surface area contributed by atoms with Crippen LogP contribution in [0.1, 0.15) is 23.7 Å². The van der Waals surface area contributed by atoms with E-state index in [9.17, 15) is 8.42 Å². The maximum Gasteiger partial charge on any atom is 0.241 e. The summed E-state index contributed by atoms with van der Waals surface area (Å²) >= 11 is 0. The van der Waals surface area contributed by atoms with Gasteiger partial charge in [-0.15, -0.1) is 0 Å². The molecule has 6 heteroatoms. The topological polar surface area (TPSA) is 85.1 Å². The number of rotatable bonds is 5. The molecule has 0 amide bonds. The van der Waals surface area contributed by atoms with E-state index in [2.05, 4.69) is 9.71 Å². The summed E-state index contributed by atoms with van der Waals surface area (Å²) in [5, 5.41) is 0. The van der Waals surface area contributed by atoms with Gasteiger partial charge in [0.2, 0.25) is 10.0 Å². The number of nitrogens with zero attached hydrogens (tertiary/aromatic N) is 1. The van der Waals surface area contributed by atoms with Gasteiger partial charge >= 0.3 is 0 Å². The number of benzene rings is 1. The Morgan fingerprint density at radius 2 is 2.05 bits per heavy atom. The number of nitrogens with two attached hydrogens (primary N) is 1. The van der Waals surface area contributed by atoms with Crippen molar-refractivity contribution >= 4 is 15.7 Å². The maximum absolute atomic E-state index is 12.4. The molecule has 0 aliphatic rings. The van der Waals surface area contributed by atoms with Gasteiger partial charge in [-0.1, -0.05) is 19.1 Å². The number of pyridine rings is 1. The van der Waals surface area contributed by atoms with Crippen molar-refractivity contribution in [3.63, 3.8) is 0 Å². The number of nitrogen functional groups attached to an aromatic ring is 1. The molecule has 0 radical (unpaired) electrons. The molecule has 1 aromatic carbocycles. The number of aryl methyl sites for hydroxylation is 2. The van der Waals surface area contributed by atoms with Crippen LogP contribution in [0.25, 0.3) is 0 Å². The second kappa shape index (κ2) is 6.24. The molecule has 0 unspecified atom stereocenters. The summed E-state index contributed by atoms with van der Waals surface area (Å²) in [7, 11) is -3.61. The fourth-order valence-corrected chi connectivity index (χ4v) is 3.37. The fourth-order valence-electron chi connectivity index (χ4n) is 2.10. The van der Waals surface area contributed by atoms with Crippen molar-refractivity contribution in [3.8, 4) is 0 Å². The Kier molecular flexibility index (Phi) is 4.59. The lowest BCUT2D eigenvalue weighted by atomic mass is 10.1. The van der Waals surface area contributed by atoms with Crippen LogP contribution in [0.15, 0.2) is 41.4 Å². The molecule has 2 aromatic rings. The normalized spacial score (nSPS) is 11.5. The highest BCUT2D eigenvalue weighted by atomic mass is 32.2. The zero-order chi connectivity index (χ0) is 15.5. The smallest absolute Gasteiger partial charge is 0.241 e. The number of anilines is 1. The largest absolute Gasteiger partial charge is 0.399 e. The molecule has 2 rings (SSSR count). The molecule has 21 heavy (non-hydrogen) atoms. The molecule has 3 N–H and O–H groups in total. The average molecular weight is 305 g/mol. The molecule has 0 saturated carbocycles. The molecule has 0 spiro atoms. The third-order valence-electron chi connectivity index (χ3n) is 3.30. The minimum Gasteiger partial charge on any atom is -0.399 e. The number of sulfonamides is 1. The van der Waals surface area contributed by atoms with Crippen molar-refractivity contribution in [1.82, 2.24) is 9.71 Å². The predicted octanol–water partition coefficient (Wildman–Crippen LogP) is 2.01. The van der Waals surface area contributed by atoms with Crippen LogP contribution in [-0.2, 0) is 23.0 Å². The first kappa shape index (κ1) is 15.5. The fraction of sp³-hybridized carbons (Fsp3) is 0.267. The van der Waals surface area contributed by atoms with Gasteiger partial charge in [0.05, 0.1) is 17.1 Å². The minimum absolute atomic E-state index is 0.167. The van der Waals surface area contributed by atoms with Crippen LogP contribution < -0.4 is 10.5 Å². The molecular formula is C15H19N3O2S. The predicted molar refractivity (Wildman–Crippen MR) is 83.2 cm³/mol. The van der Waals surface area contributed by atoms with Crippen molar-refractivity contribution in [1.29, 1.82) is 0 Å². The van der Waals surface area contributed by atoms with Crippen LogP contribution in [-0.4, -0.2) is 13.4 Å². The molecule has 0 fully saturated rings. The molecule has 0 aliphatic heterocycles. The van der Waals surface area contributed by atoms with E-state index in [1.165, 1.54) is 6.07 Å². The summed E-state index contributed by atoms with van der Waals surface area (Å²) in [6, 6.07) is 8.64. The number of hydrogen-bond donors (Lipinski definition) is 2. The van der Waals surface area contributed by atoms with Gasteiger partial charge in [0.25, 0.3) is 0 Å². The summed E-state index contributed by atoms with van der Waals surface area (Å²) in [6.45, 7) is 3.92. The summed E-state index contributed by atoms with van der Waals surface area (Å²) in [5.74, 6) is 0. The lowest BCUT2D eigenvalue weighted by Crippen LogP contribution is -2.25. The van der Waals surface area contributed by atoms with Crippen LogP contribution in [0.2, 0.25) is 0 Å². The molecule has 0 bridgehead atoms. The molecule has 5 nitrogen and oxygen atoms in total. The van der Waals surface area contributed by atoms with Gasteiger partial charge < -0.3 is 5.73 Å². The van der Waals surface area contributed by atoms with E-state index in [-0.39, 0.29) is 11.4 Å². The van der Waals surface area contributed by atoms with Crippen molar-refractivity contribution in [2.24, 2.45) is 0 Å².